The second-order valence-corrected chi connectivity index (χ2v) is 5.80. The highest BCUT2D eigenvalue weighted by Gasteiger charge is 2.44. The molecule has 0 aliphatic carbocycles. The molecule has 2 N–H and O–H groups in total. The van der Waals surface area contributed by atoms with Crippen molar-refractivity contribution in [2.24, 2.45) is 11.1 Å². The van der Waals surface area contributed by atoms with Crippen LogP contribution in [0.1, 0.15) is 18.5 Å². The maximum Gasteiger partial charge on any atom is 0.235 e. The first-order valence-electron chi connectivity index (χ1n) is 7.09. The average Bonchev–Trinajstić information content (AvgIpc) is 2.53. The molecule has 1 aliphatic heterocycles. The SMILES string of the molecule is CN(CCc1ccccn1)C(=O)C1(C(N)=S)CCOCC1. The largest absolute Gasteiger partial charge is 0.392 e. The van der Waals surface area contributed by atoms with E-state index in [0.29, 0.717) is 39.0 Å². The fourth-order valence-electron chi connectivity index (χ4n) is 2.58. The Kier molecular flexibility index (Phi) is 5.25. The van der Waals surface area contributed by atoms with Gasteiger partial charge in [0.25, 0.3) is 0 Å². The van der Waals surface area contributed by atoms with Gasteiger partial charge in [0.1, 0.15) is 5.41 Å². The highest BCUT2D eigenvalue weighted by Crippen LogP contribution is 2.33. The van der Waals surface area contributed by atoms with Crippen molar-refractivity contribution in [1.82, 2.24) is 9.88 Å². The molecule has 0 radical (unpaired) electrons. The van der Waals surface area contributed by atoms with Gasteiger partial charge in [-0.05, 0) is 25.0 Å². The molecule has 0 atom stereocenters. The molecule has 1 aromatic rings. The first kappa shape index (κ1) is 15.9. The van der Waals surface area contributed by atoms with E-state index in [1.807, 2.05) is 18.2 Å². The maximum atomic E-state index is 12.8. The second-order valence-electron chi connectivity index (χ2n) is 5.36. The molecule has 6 heteroatoms. The van der Waals surface area contributed by atoms with Gasteiger partial charge >= 0.3 is 0 Å². The molecule has 21 heavy (non-hydrogen) atoms. The molecule has 2 heterocycles. The van der Waals surface area contributed by atoms with Crippen molar-refractivity contribution in [2.45, 2.75) is 19.3 Å². The zero-order chi connectivity index (χ0) is 15.3. The summed E-state index contributed by atoms with van der Waals surface area (Å²) >= 11 is 5.16. The van der Waals surface area contributed by atoms with Crippen LogP contribution in [0.3, 0.4) is 0 Å². The van der Waals surface area contributed by atoms with Crippen LogP contribution >= 0.6 is 12.2 Å². The van der Waals surface area contributed by atoms with Crippen LogP contribution < -0.4 is 5.73 Å². The quantitative estimate of drug-likeness (QED) is 0.827. The summed E-state index contributed by atoms with van der Waals surface area (Å²) < 4.78 is 5.34. The number of pyridine rings is 1. The highest BCUT2D eigenvalue weighted by atomic mass is 32.1. The first-order chi connectivity index (χ1) is 10.1. The number of nitrogens with zero attached hydrogens (tertiary/aromatic N) is 2. The van der Waals surface area contributed by atoms with Gasteiger partial charge in [-0.3, -0.25) is 9.78 Å². The summed E-state index contributed by atoms with van der Waals surface area (Å²) in [5.41, 5.74) is 6.09. The summed E-state index contributed by atoms with van der Waals surface area (Å²) in [6, 6.07) is 5.78. The topological polar surface area (TPSA) is 68.5 Å². The minimum absolute atomic E-state index is 0.00534. The number of amides is 1. The summed E-state index contributed by atoms with van der Waals surface area (Å²) in [6.07, 6.45) is 3.60. The zero-order valence-corrected chi connectivity index (χ0v) is 13.1. The number of hydrogen-bond donors (Lipinski definition) is 1. The van der Waals surface area contributed by atoms with Gasteiger partial charge in [0.2, 0.25) is 5.91 Å². The van der Waals surface area contributed by atoms with Crippen LogP contribution in [0.2, 0.25) is 0 Å². The lowest BCUT2D eigenvalue weighted by Gasteiger charge is -2.37. The highest BCUT2D eigenvalue weighted by molar-refractivity contribution is 7.80. The lowest BCUT2D eigenvalue weighted by atomic mass is 9.78. The van der Waals surface area contributed by atoms with Crippen LogP contribution in [0.15, 0.2) is 24.4 Å². The predicted octanol–water partition coefficient (Wildman–Crippen LogP) is 1.17. The molecule has 5 nitrogen and oxygen atoms in total. The van der Waals surface area contributed by atoms with Crippen molar-refractivity contribution in [3.8, 4) is 0 Å². The standard InChI is InChI=1S/C15H21N3O2S/c1-18(9-5-12-4-2-3-8-17-12)14(19)15(13(16)21)6-10-20-11-7-15/h2-4,8H,5-7,9-11H2,1H3,(H2,16,21). The summed E-state index contributed by atoms with van der Waals surface area (Å²) in [5.74, 6) is -0.00534. The Hall–Kier alpha value is -1.53. The lowest BCUT2D eigenvalue weighted by molar-refractivity contribution is -0.141. The van der Waals surface area contributed by atoms with E-state index in [0.717, 1.165) is 5.69 Å². The minimum Gasteiger partial charge on any atom is -0.392 e. The van der Waals surface area contributed by atoms with Crippen molar-refractivity contribution in [2.75, 3.05) is 26.8 Å². The molecule has 0 bridgehead atoms. The Labute approximate surface area is 130 Å². The Balaban J connectivity index is 2.01. The van der Waals surface area contributed by atoms with Crippen LogP contribution in [0.4, 0.5) is 0 Å². The minimum atomic E-state index is -0.744. The number of hydrogen-bond acceptors (Lipinski definition) is 4. The predicted molar refractivity (Wildman–Crippen MR) is 84.8 cm³/mol. The number of nitrogens with two attached hydrogens (primary N) is 1. The van der Waals surface area contributed by atoms with Crippen LogP contribution in [0, 0.1) is 5.41 Å². The third kappa shape index (κ3) is 3.57. The maximum absolute atomic E-state index is 12.8. The van der Waals surface area contributed by atoms with Crippen molar-refractivity contribution in [3.05, 3.63) is 30.1 Å². The second kappa shape index (κ2) is 6.95. The Morgan fingerprint density at radius 3 is 2.76 bits per heavy atom. The van der Waals surface area contributed by atoms with Crippen LogP contribution in [-0.2, 0) is 16.0 Å². The van der Waals surface area contributed by atoms with Gasteiger partial charge in [-0.2, -0.15) is 0 Å². The van der Waals surface area contributed by atoms with E-state index in [1.165, 1.54) is 0 Å². The molecule has 0 saturated carbocycles. The van der Waals surface area contributed by atoms with Crippen LogP contribution in [0.5, 0.6) is 0 Å². The van der Waals surface area contributed by atoms with Crippen molar-refractivity contribution >= 4 is 23.1 Å². The molecule has 1 aliphatic rings. The number of likely N-dealkylation sites (N-methyl/N-ethyl adjacent to an activating group) is 1. The monoisotopic (exact) mass is 307 g/mol. The van der Waals surface area contributed by atoms with Crippen molar-refractivity contribution in [1.29, 1.82) is 0 Å². The molecule has 114 valence electrons. The fraction of sp³-hybridized carbons (Fsp3) is 0.533. The van der Waals surface area contributed by atoms with Crippen molar-refractivity contribution < 1.29 is 9.53 Å². The average molecular weight is 307 g/mol. The molecule has 0 unspecified atom stereocenters. The number of thiocarbonyl (C=S) groups is 1. The Morgan fingerprint density at radius 2 is 2.19 bits per heavy atom. The van der Waals surface area contributed by atoms with Gasteiger partial charge in [0.15, 0.2) is 0 Å². The first-order valence-corrected chi connectivity index (χ1v) is 7.50. The van der Waals surface area contributed by atoms with Crippen LogP contribution in [0.25, 0.3) is 0 Å². The number of carbonyl (C=O) groups excluding carboxylic acids is 1. The van der Waals surface area contributed by atoms with Gasteiger partial charge in [-0.15, -0.1) is 0 Å². The molecule has 0 spiro atoms. The molecule has 1 fully saturated rings. The molecule has 1 aromatic heterocycles. The van der Waals surface area contributed by atoms with Gasteiger partial charge in [0, 0.05) is 45.1 Å². The van der Waals surface area contributed by atoms with E-state index in [9.17, 15) is 4.79 Å². The number of carbonyl (C=O) groups is 1. The third-order valence-corrected chi connectivity index (χ3v) is 4.39. The molecule has 1 amide bonds. The molecular formula is C15H21N3O2S. The van der Waals surface area contributed by atoms with Gasteiger partial charge in [-0.1, -0.05) is 18.3 Å². The number of rotatable bonds is 5. The molecular weight excluding hydrogens is 286 g/mol. The lowest BCUT2D eigenvalue weighted by Crippen LogP contribution is -2.52. The normalized spacial score (nSPS) is 17.2. The van der Waals surface area contributed by atoms with E-state index in [-0.39, 0.29) is 10.9 Å². The van der Waals surface area contributed by atoms with E-state index in [4.69, 9.17) is 22.7 Å². The van der Waals surface area contributed by atoms with Gasteiger partial charge in [-0.25, -0.2) is 0 Å². The molecule has 1 saturated heterocycles. The molecule has 0 aromatic carbocycles. The van der Waals surface area contributed by atoms with Crippen LogP contribution in [-0.4, -0.2) is 47.6 Å². The Morgan fingerprint density at radius 1 is 1.48 bits per heavy atom. The summed E-state index contributed by atoms with van der Waals surface area (Å²) in [5, 5.41) is 0. The van der Waals surface area contributed by atoms with Gasteiger partial charge in [0.05, 0.1) is 4.99 Å². The van der Waals surface area contributed by atoms with Gasteiger partial charge < -0.3 is 15.4 Å². The number of aromatic nitrogens is 1. The molecule has 2 rings (SSSR count). The Bertz CT molecular complexity index is 501. The van der Waals surface area contributed by atoms with Crippen molar-refractivity contribution in [3.63, 3.8) is 0 Å². The smallest absolute Gasteiger partial charge is 0.235 e. The van der Waals surface area contributed by atoms with E-state index >= 15 is 0 Å². The summed E-state index contributed by atoms with van der Waals surface area (Å²) in [4.78, 5) is 19.0. The fourth-order valence-corrected chi connectivity index (χ4v) is 2.87. The third-order valence-electron chi connectivity index (χ3n) is 4.00. The van der Waals surface area contributed by atoms with E-state index < -0.39 is 5.41 Å². The summed E-state index contributed by atoms with van der Waals surface area (Å²) in [7, 11) is 1.79. The summed E-state index contributed by atoms with van der Waals surface area (Å²) in [6.45, 7) is 1.65. The number of ether oxygens (including phenoxy) is 1. The zero-order valence-electron chi connectivity index (χ0n) is 12.2. The van der Waals surface area contributed by atoms with E-state index in [2.05, 4.69) is 4.98 Å². The van der Waals surface area contributed by atoms with E-state index in [1.54, 1.807) is 18.1 Å².